The zero-order chi connectivity index (χ0) is 14.0. The average Bonchev–Trinajstić information content (AvgIpc) is 2.24. The Morgan fingerprint density at radius 1 is 1.21 bits per heavy atom. The zero-order valence-corrected chi connectivity index (χ0v) is 10.2. The summed E-state index contributed by atoms with van der Waals surface area (Å²) in [7, 11) is 0. The molecular formula is C13H16F3NO2. The number of nitrogens with two attached hydrogens (primary N) is 1. The summed E-state index contributed by atoms with van der Waals surface area (Å²) in [5.41, 5.74) is 6.52. The summed E-state index contributed by atoms with van der Waals surface area (Å²) in [6.07, 6.45) is -2.36. The number of halogens is 3. The van der Waals surface area contributed by atoms with Crippen molar-refractivity contribution in [2.45, 2.75) is 37.8 Å². The highest BCUT2D eigenvalue weighted by atomic mass is 19.4. The first kappa shape index (κ1) is 14.1. The van der Waals surface area contributed by atoms with Crippen LogP contribution in [0.2, 0.25) is 0 Å². The smallest absolute Gasteiger partial charge is 0.406 e. The van der Waals surface area contributed by atoms with Gasteiger partial charge in [0.25, 0.3) is 0 Å². The Hall–Kier alpha value is -1.27. The van der Waals surface area contributed by atoms with Crippen LogP contribution in [0.25, 0.3) is 0 Å². The topological polar surface area (TPSA) is 55.5 Å². The first-order valence-corrected chi connectivity index (χ1v) is 6.16. The first-order chi connectivity index (χ1) is 8.87. The van der Waals surface area contributed by atoms with E-state index < -0.39 is 18.5 Å². The minimum Gasteiger partial charge on any atom is -0.406 e. The SMILES string of the molecule is N[C@@H](c1ccc(OC(F)(F)F)cc1)[C@H](O)C1CCC1. The fraction of sp³-hybridized carbons (Fsp3) is 0.538. The molecule has 19 heavy (non-hydrogen) atoms. The van der Waals surface area contributed by atoms with Gasteiger partial charge in [-0.15, -0.1) is 13.2 Å². The van der Waals surface area contributed by atoms with Crippen LogP contribution in [-0.4, -0.2) is 17.6 Å². The highest BCUT2D eigenvalue weighted by Gasteiger charge is 2.32. The van der Waals surface area contributed by atoms with Gasteiger partial charge in [0, 0.05) is 0 Å². The molecule has 0 spiro atoms. The van der Waals surface area contributed by atoms with Gasteiger partial charge in [-0.1, -0.05) is 18.6 Å². The van der Waals surface area contributed by atoms with Gasteiger partial charge in [-0.25, -0.2) is 0 Å². The van der Waals surface area contributed by atoms with Crippen molar-refractivity contribution < 1.29 is 23.0 Å². The van der Waals surface area contributed by atoms with Crippen molar-refractivity contribution in [3.05, 3.63) is 29.8 Å². The van der Waals surface area contributed by atoms with Crippen molar-refractivity contribution in [3.8, 4) is 5.75 Å². The second-order valence-corrected chi connectivity index (χ2v) is 4.82. The zero-order valence-electron chi connectivity index (χ0n) is 10.2. The third-order valence-electron chi connectivity index (χ3n) is 3.50. The Bertz CT molecular complexity index is 415. The molecule has 0 aliphatic heterocycles. The fourth-order valence-corrected chi connectivity index (χ4v) is 2.16. The van der Waals surface area contributed by atoms with Gasteiger partial charge in [0.1, 0.15) is 5.75 Å². The molecule has 1 aromatic carbocycles. The lowest BCUT2D eigenvalue weighted by Gasteiger charge is -2.33. The van der Waals surface area contributed by atoms with Crippen LogP contribution in [0.15, 0.2) is 24.3 Å². The molecule has 0 aromatic heterocycles. The van der Waals surface area contributed by atoms with Crippen LogP contribution >= 0.6 is 0 Å². The second kappa shape index (κ2) is 5.38. The number of aliphatic hydroxyl groups excluding tert-OH is 1. The summed E-state index contributed by atoms with van der Waals surface area (Å²) < 4.78 is 39.8. The van der Waals surface area contributed by atoms with Crippen molar-refractivity contribution in [1.29, 1.82) is 0 Å². The molecule has 1 saturated carbocycles. The maximum atomic E-state index is 12.0. The Kier molecular flexibility index (Phi) is 4.01. The minimum absolute atomic E-state index is 0.195. The van der Waals surface area contributed by atoms with E-state index in [4.69, 9.17) is 5.73 Å². The molecule has 2 rings (SSSR count). The molecule has 3 nitrogen and oxygen atoms in total. The monoisotopic (exact) mass is 275 g/mol. The van der Waals surface area contributed by atoms with E-state index >= 15 is 0 Å². The number of ether oxygens (including phenoxy) is 1. The highest BCUT2D eigenvalue weighted by molar-refractivity contribution is 5.29. The van der Waals surface area contributed by atoms with Crippen molar-refractivity contribution >= 4 is 0 Å². The number of aliphatic hydroxyl groups is 1. The van der Waals surface area contributed by atoms with Gasteiger partial charge in [0.15, 0.2) is 0 Å². The number of alkyl halides is 3. The number of rotatable bonds is 4. The number of benzene rings is 1. The second-order valence-electron chi connectivity index (χ2n) is 4.82. The Morgan fingerprint density at radius 2 is 1.79 bits per heavy atom. The van der Waals surface area contributed by atoms with Crippen LogP contribution < -0.4 is 10.5 Å². The van der Waals surface area contributed by atoms with Gasteiger partial charge >= 0.3 is 6.36 Å². The molecule has 0 saturated heterocycles. The summed E-state index contributed by atoms with van der Waals surface area (Å²) >= 11 is 0. The molecule has 0 bridgehead atoms. The van der Waals surface area contributed by atoms with Crippen LogP contribution in [0.5, 0.6) is 5.75 Å². The summed E-state index contributed by atoms with van der Waals surface area (Å²) in [5.74, 6) is -0.0947. The summed E-state index contributed by atoms with van der Waals surface area (Å²) in [5, 5.41) is 10.0. The standard InChI is InChI=1S/C13H16F3NO2/c14-13(15,16)19-10-6-4-8(5-7-10)11(17)12(18)9-2-1-3-9/h4-7,9,11-12,18H,1-3,17H2/t11-,12+/m0/s1. The normalized spacial score (nSPS) is 19.6. The average molecular weight is 275 g/mol. The van der Waals surface area contributed by atoms with Crippen LogP contribution in [-0.2, 0) is 0 Å². The molecule has 0 unspecified atom stereocenters. The minimum atomic E-state index is -4.70. The Morgan fingerprint density at radius 3 is 2.21 bits per heavy atom. The summed E-state index contributed by atoms with van der Waals surface area (Å²) in [4.78, 5) is 0. The van der Waals surface area contributed by atoms with E-state index in [1.54, 1.807) is 0 Å². The van der Waals surface area contributed by atoms with Gasteiger partial charge < -0.3 is 15.6 Å². The Balaban J connectivity index is 2.01. The van der Waals surface area contributed by atoms with Crippen LogP contribution in [0.1, 0.15) is 30.9 Å². The molecule has 0 amide bonds. The van der Waals surface area contributed by atoms with Gasteiger partial charge in [0.05, 0.1) is 12.1 Å². The van der Waals surface area contributed by atoms with E-state index in [9.17, 15) is 18.3 Å². The largest absolute Gasteiger partial charge is 0.573 e. The lowest BCUT2D eigenvalue weighted by Crippen LogP contribution is -2.36. The molecule has 106 valence electrons. The quantitative estimate of drug-likeness (QED) is 0.888. The number of hydrogen-bond donors (Lipinski definition) is 2. The van der Waals surface area contributed by atoms with Crippen LogP contribution in [0.3, 0.4) is 0 Å². The Labute approximate surface area is 109 Å². The summed E-state index contributed by atoms with van der Waals surface area (Å²) in [6, 6.07) is 4.73. The van der Waals surface area contributed by atoms with E-state index in [1.807, 2.05) is 0 Å². The number of hydrogen-bond acceptors (Lipinski definition) is 3. The predicted molar refractivity (Wildman–Crippen MR) is 63.4 cm³/mol. The molecule has 1 aliphatic carbocycles. The van der Waals surface area contributed by atoms with E-state index in [0.29, 0.717) is 5.56 Å². The first-order valence-electron chi connectivity index (χ1n) is 6.16. The molecule has 1 aromatic rings. The van der Waals surface area contributed by atoms with Crippen molar-refractivity contribution in [2.24, 2.45) is 11.7 Å². The van der Waals surface area contributed by atoms with Crippen molar-refractivity contribution in [3.63, 3.8) is 0 Å². The van der Waals surface area contributed by atoms with E-state index in [1.165, 1.54) is 24.3 Å². The van der Waals surface area contributed by atoms with Crippen molar-refractivity contribution in [2.75, 3.05) is 0 Å². The van der Waals surface area contributed by atoms with Crippen molar-refractivity contribution in [1.82, 2.24) is 0 Å². The molecule has 3 N–H and O–H groups in total. The lowest BCUT2D eigenvalue weighted by molar-refractivity contribution is -0.274. The van der Waals surface area contributed by atoms with Gasteiger partial charge in [-0.2, -0.15) is 0 Å². The van der Waals surface area contributed by atoms with Crippen LogP contribution in [0, 0.1) is 5.92 Å². The lowest BCUT2D eigenvalue weighted by atomic mass is 9.77. The molecule has 1 aliphatic rings. The molecular weight excluding hydrogens is 259 g/mol. The van der Waals surface area contributed by atoms with E-state index in [2.05, 4.69) is 4.74 Å². The molecule has 6 heteroatoms. The van der Waals surface area contributed by atoms with Gasteiger partial charge in [-0.3, -0.25) is 0 Å². The highest BCUT2D eigenvalue weighted by Crippen LogP contribution is 2.34. The predicted octanol–water partition coefficient (Wildman–Crippen LogP) is 2.75. The third-order valence-corrected chi connectivity index (χ3v) is 3.50. The van der Waals surface area contributed by atoms with E-state index in [0.717, 1.165) is 19.3 Å². The maximum Gasteiger partial charge on any atom is 0.573 e. The third kappa shape index (κ3) is 3.61. The summed E-state index contributed by atoms with van der Waals surface area (Å²) in [6.45, 7) is 0. The van der Waals surface area contributed by atoms with Gasteiger partial charge in [0.2, 0.25) is 0 Å². The molecule has 0 radical (unpaired) electrons. The van der Waals surface area contributed by atoms with E-state index in [-0.39, 0.29) is 11.7 Å². The fourth-order valence-electron chi connectivity index (χ4n) is 2.16. The maximum absolute atomic E-state index is 12.0. The molecule has 0 heterocycles. The van der Waals surface area contributed by atoms with Gasteiger partial charge in [-0.05, 0) is 36.5 Å². The molecule has 1 fully saturated rings. The van der Waals surface area contributed by atoms with Crippen LogP contribution in [0.4, 0.5) is 13.2 Å². The molecule has 2 atom stereocenters.